The van der Waals surface area contributed by atoms with Crippen LogP contribution < -0.4 is 5.32 Å². The summed E-state index contributed by atoms with van der Waals surface area (Å²) in [6.45, 7) is 4.03. The summed E-state index contributed by atoms with van der Waals surface area (Å²) in [6.07, 6.45) is 3.70. The first-order valence-electron chi connectivity index (χ1n) is 11.1. The van der Waals surface area contributed by atoms with E-state index in [0.29, 0.717) is 32.5 Å². The molecule has 0 aliphatic carbocycles. The van der Waals surface area contributed by atoms with Crippen molar-refractivity contribution in [3.63, 3.8) is 0 Å². The fourth-order valence-corrected chi connectivity index (χ4v) is 4.76. The lowest BCUT2D eigenvalue weighted by Gasteiger charge is -2.44. The van der Waals surface area contributed by atoms with Gasteiger partial charge in [-0.1, -0.05) is 67.6 Å². The number of amides is 2. The van der Waals surface area contributed by atoms with Crippen LogP contribution in [0.3, 0.4) is 0 Å². The van der Waals surface area contributed by atoms with Crippen molar-refractivity contribution in [3.05, 3.63) is 71.8 Å². The van der Waals surface area contributed by atoms with Crippen LogP contribution in [0.2, 0.25) is 0 Å². The van der Waals surface area contributed by atoms with Gasteiger partial charge in [0.25, 0.3) is 0 Å². The number of nitrogens with zero attached hydrogens (tertiary/aromatic N) is 2. The average molecular weight is 406 g/mol. The molecule has 2 aromatic carbocycles. The van der Waals surface area contributed by atoms with Crippen LogP contribution in [0.25, 0.3) is 0 Å². The zero-order valence-electron chi connectivity index (χ0n) is 17.7. The summed E-state index contributed by atoms with van der Waals surface area (Å²) in [7, 11) is 0. The van der Waals surface area contributed by atoms with Gasteiger partial charge in [-0.15, -0.1) is 0 Å². The van der Waals surface area contributed by atoms with E-state index in [2.05, 4.69) is 29.6 Å². The summed E-state index contributed by atoms with van der Waals surface area (Å²) < 4.78 is 0. The standard InChI is InChI=1S/C25H31N3O2/c1-2-9-23(29)27-16-14-25(15-17-27)26-22(18-20-10-5-3-6-11-20)24(30)28(25)19-21-12-7-4-8-13-21/h3-8,10-13,22,26H,2,9,14-19H2,1H3. The van der Waals surface area contributed by atoms with E-state index in [1.54, 1.807) is 0 Å². The van der Waals surface area contributed by atoms with Crippen LogP contribution in [0.4, 0.5) is 0 Å². The molecule has 2 amide bonds. The first-order valence-corrected chi connectivity index (χ1v) is 11.1. The van der Waals surface area contributed by atoms with E-state index in [9.17, 15) is 9.59 Å². The summed E-state index contributed by atoms with van der Waals surface area (Å²) >= 11 is 0. The molecule has 2 aliphatic heterocycles. The minimum atomic E-state index is -0.380. The predicted molar refractivity (Wildman–Crippen MR) is 118 cm³/mol. The molecule has 0 saturated carbocycles. The molecule has 158 valence electrons. The highest BCUT2D eigenvalue weighted by atomic mass is 16.2. The molecule has 1 atom stereocenters. The number of piperidine rings is 1. The molecule has 0 aromatic heterocycles. The predicted octanol–water partition coefficient (Wildman–Crippen LogP) is 3.35. The van der Waals surface area contributed by atoms with Gasteiger partial charge in [-0.3, -0.25) is 14.9 Å². The van der Waals surface area contributed by atoms with Crippen LogP contribution in [0.1, 0.15) is 43.7 Å². The third-order valence-corrected chi connectivity index (χ3v) is 6.40. The third kappa shape index (κ3) is 4.26. The van der Waals surface area contributed by atoms with Crippen LogP contribution in [-0.2, 0) is 22.6 Å². The van der Waals surface area contributed by atoms with Crippen molar-refractivity contribution in [3.8, 4) is 0 Å². The first kappa shape index (κ1) is 20.6. The molecule has 0 radical (unpaired) electrons. The lowest BCUT2D eigenvalue weighted by atomic mass is 9.95. The Balaban J connectivity index is 1.54. The number of nitrogens with one attached hydrogen (secondary N) is 1. The highest BCUT2D eigenvalue weighted by Crippen LogP contribution is 2.35. The lowest BCUT2D eigenvalue weighted by molar-refractivity contribution is -0.137. The summed E-state index contributed by atoms with van der Waals surface area (Å²) in [5.41, 5.74) is 1.92. The second kappa shape index (κ2) is 9.00. The number of hydrogen-bond acceptors (Lipinski definition) is 3. The van der Waals surface area contributed by atoms with Gasteiger partial charge in [-0.25, -0.2) is 0 Å². The van der Waals surface area contributed by atoms with E-state index in [1.165, 1.54) is 0 Å². The van der Waals surface area contributed by atoms with Crippen molar-refractivity contribution in [2.45, 2.75) is 57.3 Å². The zero-order chi connectivity index (χ0) is 21.0. The smallest absolute Gasteiger partial charge is 0.241 e. The summed E-state index contributed by atoms with van der Waals surface area (Å²) in [6, 6.07) is 20.1. The molecule has 0 bridgehead atoms. The fourth-order valence-electron chi connectivity index (χ4n) is 4.76. The number of likely N-dealkylation sites (tertiary alicyclic amines) is 1. The largest absolute Gasteiger partial charge is 0.342 e. The monoisotopic (exact) mass is 405 g/mol. The number of benzene rings is 2. The molecule has 2 saturated heterocycles. The summed E-state index contributed by atoms with van der Waals surface area (Å²) in [4.78, 5) is 29.9. The lowest BCUT2D eigenvalue weighted by Crippen LogP contribution is -2.59. The second-order valence-corrected chi connectivity index (χ2v) is 8.46. The molecule has 30 heavy (non-hydrogen) atoms. The molecule has 5 nitrogen and oxygen atoms in total. The summed E-state index contributed by atoms with van der Waals surface area (Å²) in [5.74, 6) is 0.392. The van der Waals surface area contributed by atoms with Crippen LogP contribution in [-0.4, -0.2) is 46.4 Å². The van der Waals surface area contributed by atoms with Gasteiger partial charge in [-0.05, 0) is 24.0 Å². The maximum Gasteiger partial charge on any atom is 0.241 e. The highest BCUT2D eigenvalue weighted by molar-refractivity contribution is 5.85. The Morgan fingerprint density at radius 3 is 2.20 bits per heavy atom. The third-order valence-electron chi connectivity index (χ3n) is 6.40. The van der Waals surface area contributed by atoms with Crippen LogP contribution in [0.15, 0.2) is 60.7 Å². The van der Waals surface area contributed by atoms with Crippen LogP contribution >= 0.6 is 0 Å². The minimum absolute atomic E-state index is 0.163. The topological polar surface area (TPSA) is 52.7 Å². The van der Waals surface area contributed by atoms with Crippen molar-refractivity contribution in [2.24, 2.45) is 0 Å². The molecule has 1 N–H and O–H groups in total. The maximum atomic E-state index is 13.5. The first-order chi connectivity index (χ1) is 14.6. The summed E-state index contributed by atoms with van der Waals surface area (Å²) in [5, 5.41) is 3.70. The van der Waals surface area contributed by atoms with E-state index in [4.69, 9.17) is 0 Å². The Kier molecular flexibility index (Phi) is 6.18. The van der Waals surface area contributed by atoms with Gasteiger partial charge in [0.2, 0.25) is 11.8 Å². The van der Waals surface area contributed by atoms with Gasteiger partial charge in [0, 0.05) is 38.9 Å². The van der Waals surface area contributed by atoms with Gasteiger partial charge in [0.15, 0.2) is 0 Å². The Morgan fingerprint density at radius 2 is 1.60 bits per heavy atom. The number of rotatable bonds is 6. The molecular formula is C25H31N3O2. The van der Waals surface area contributed by atoms with Crippen molar-refractivity contribution >= 4 is 11.8 Å². The van der Waals surface area contributed by atoms with Crippen molar-refractivity contribution in [1.29, 1.82) is 0 Å². The van der Waals surface area contributed by atoms with E-state index >= 15 is 0 Å². The SMILES string of the molecule is CCCC(=O)N1CCC2(CC1)NC(Cc1ccccc1)C(=O)N2Cc1ccccc1. The van der Waals surface area contributed by atoms with E-state index in [1.807, 2.05) is 53.1 Å². The Labute approximate surface area is 179 Å². The number of carbonyl (C=O) groups excluding carboxylic acids is 2. The Morgan fingerprint density at radius 1 is 1.00 bits per heavy atom. The van der Waals surface area contributed by atoms with Gasteiger partial charge < -0.3 is 9.80 Å². The minimum Gasteiger partial charge on any atom is -0.342 e. The number of carbonyl (C=O) groups is 2. The van der Waals surface area contributed by atoms with Gasteiger partial charge in [-0.2, -0.15) is 0 Å². The quantitative estimate of drug-likeness (QED) is 0.802. The molecule has 1 spiro atoms. The van der Waals surface area contributed by atoms with Gasteiger partial charge in [0.1, 0.15) is 0 Å². The van der Waals surface area contributed by atoms with Crippen LogP contribution in [0.5, 0.6) is 0 Å². The molecular weight excluding hydrogens is 374 g/mol. The molecule has 2 aliphatic rings. The van der Waals surface area contributed by atoms with E-state index in [0.717, 1.165) is 30.4 Å². The Hall–Kier alpha value is -2.66. The van der Waals surface area contributed by atoms with Crippen LogP contribution in [0, 0.1) is 0 Å². The van der Waals surface area contributed by atoms with Crippen molar-refractivity contribution in [2.75, 3.05) is 13.1 Å². The molecule has 2 heterocycles. The van der Waals surface area contributed by atoms with E-state index in [-0.39, 0.29) is 23.5 Å². The molecule has 2 fully saturated rings. The highest BCUT2D eigenvalue weighted by Gasteiger charge is 2.51. The van der Waals surface area contributed by atoms with E-state index < -0.39 is 0 Å². The van der Waals surface area contributed by atoms with Crippen molar-refractivity contribution < 1.29 is 9.59 Å². The van der Waals surface area contributed by atoms with Gasteiger partial charge in [0.05, 0.1) is 11.7 Å². The molecule has 4 rings (SSSR count). The zero-order valence-corrected chi connectivity index (χ0v) is 17.7. The van der Waals surface area contributed by atoms with Gasteiger partial charge >= 0.3 is 0 Å². The Bertz CT molecular complexity index is 860. The van der Waals surface area contributed by atoms with Crippen molar-refractivity contribution in [1.82, 2.24) is 15.1 Å². The normalized spacial score (nSPS) is 20.7. The molecule has 2 aromatic rings. The fraction of sp³-hybridized carbons (Fsp3) is 0.440. The molecule has 5 heteroatoms. The maximum absolute atomic E-state index is 13.5. The average Bonchev–Trinajstić information content (AvgIpc) is 3.01. The molecule has 1 unspecified atom stereocenters. The number of hydrogen-bond donors (Lipinski definition) is 1. The second-order valence-electron chi connectivity index (χ2n) is 8.46.